The van der Waals surface area contributed by atoms with E-state index < -0.39 is 6.04 Å². The van der Waals surface area contributed by atoms with Crippen LogP contribution in [0.1, 0.15) is 30.0 Å². The largest absolute Gasteiger partial charge is 0.354 e. The average Bonchev–Trinajstić information content (AvgIpc) is 2.69. The molecule has 1 atom stereocenters. The maximum atomic E-state index is 11.7. The molecule has 1 aromatic rings. The summed E-state index contributed by atoms with van der Waals surface area (Å²) in [5.74, 6) is -0.351. The Morgan fingerprint density at radius 2 is 2.42 bits per heavy atom. The summed E-state index contributed by atoms with van der Waals surface area (Å²) in [5.41, 5.74) is 0.767. The zero-order valence-electron chi connectivity index (χ0n) is 10.8. The molecular weight excluding hydrogens is 262 g/mol. The van der Waals surface area contributed by atoms with Crippen molar-refractivity contribution in [2.45, 2.75) is 32.2 Å². The predicted molar refractivity (Wildman–Crippen MR) is 74.7 cm³/mol. The number of aryl methyl sites for hydroxylation is 1. The van der Waals surface area contributed by atoms with Crippen molar-refractivity contribution in [2.75, 3.05) is 6.54 Å². The SMILES string of the molecule is Cc1nc(C=CC(=O)NC2CCCCNC2=O)cs1. The van der Waals surface area contributed by atoms with Crippen LogP contribution in [0.5, 0.6) is 0 Å². The third-order valence-corrected chi connectivity index (χ3v) is 3.69. The monoisotopic (exact) mass is 279 g/mol. The van der Waals surface area contributed by atoms with Crippen LogP contribution in [-0.2, 0) is 9.59 Å². The highest BCUT2D eigenvalue weighted by molar-refractivity contribution is 7.09. The minimum Gasteiger partial charge on any atom is -0.354 e. The van der Waals surface area contributed by atoms with Gasteiger partial charge in [-0.1, -0.05) is 0 Å². The first kappa shape index (κ1) is 13.7. The molecule has 1 aliphatic heterocycles. The first-order chi connectivity index (χ1) is 9.15. The van der Waals surface area contributed by atoms with E-state index in [1.807, 2.05) is 12.3 Å². The Morgan fingerprint density at radius 1 is 1.58 bits per heavy atom. The third-order valence-electron chi connectivity index (χ3n) is 2.89. The van der Waals surface area contributed by atoms with Crippen molar-refractivity contribution in [2.24, 2.45) is 0 Å². The van der Waals surface area contributed by atoms with Crippen molar-refractivity contribution >= 4 is 29.2 Å². The van der Waals surface area contributed by atoms with Crippen molar-refractivity contribution in [1.82, 2.24) is 15.6 Å². The average molecular weight is 279 g/mol. The van der Waals surface area contributed by atoms with Gasteiger partial charge in [0.15, 0.2) is 0 Å². The quantitative estimate of drug-likeness (QED) is 0.818. The van der Waals surface area contributed by atoms with Crippen molar-refractivity contribution in [3.63, 3.8) is 0 Å². The molecule has 0 aliphatic carbocycles. The van der Waals surface area contributed by atoms with E-state index in [1.165, 1.54) is 17.4 Å². The van der Waals surface area contributed by atoms with Gasteiger partial charge in [0.2, 0.25) is 11.8 Å². The van der Waals surface area contributed by atoms with Crippen LogP contribution in [0, 0.1) is 6.92 Å². The van der Waals surface area contributed by atoms with E-state index in [0.717, 1.165) is 23.5 Å². The summed E-state index contributed by atoms with van der Waals surface area (Å²) in [4.78, 5) is 27.6. The minimum absolute atomic E-state index is 0.0937. The molecule has 1 unspecified atom stereocenters. The molecule has 5 nitrogen and oxygen atoms in total. The van der Waals surface area contributed by atoms with Gasteiger partial charge in [-0.15, -0.1) is 11.3 Å². The molecule has 0 radical (unpaired) electrons. The van der Waals surface area contributed by atoms with Crippen molar-refractivity contribution in [1.29, 1.82) is 0 Å². The van der Waals surface area contributed by atoms with Crippen molar-refractivity contribution < 1.29 is 9.59 Å². The van der Waals surface area contributed by atoms with Gasteiger partial charge in [0, 0.05) is 18.0 Å². The van der Waals surface area contributed by atoms with Gasteiger partial charge in [-0.2, -0.15) is 0 Å². The van der Waals surface area contributed by atoms with Gasteiger partial charge in [-0.3, -0.25) is 9.59 Å². The molecule has 19 heavy (non-hydrogen) atoms. The third kappa shape index (κ3) is 4.17. The molecule has 0 aromatic carbocycles. The maximum absolute atomic E-state index is 11.7. The molecule has 6 heteroatoms. The molecule has 2 N–H and O–H groups in total. The number of aromatic nitrogens is 1. The van der Waals surface area contributed by atoms with Crippen LogP contribution in [0.2, 0.25) is 0 Å². The van der Waals surface area contributed by atoms with Crippen LogP contribution in [0.4, 0.5) is 0 Å². The number of nitrogens with zero attached hydrogens (tertiary/aromatic N) is 1. The number of amides is 2. The Bertz CT molecular complexity index is 496. The lowest BCUT2D eigenvalue weighted by Crippen LogP contribution is -2.44. The van der Waals surface area contributed by atoms with Gasteiger partial charge in [-0.25, -0.2) is 4.98 Å². The lowest BCUT2D eigenvalue weighted by atomic mass is 10.1. The number of rotatable bonds is 3. The molecule has 0 bridgehead atoms. The first-order valence-electron chi connectivity index (χ1n) is 6.33. The summed E-state index contributed by atoms with van der Waals surface area (Å²) in [7, 11) is 0. The number of hydrogen-bond acceptors (Lipinski definition) is 4. The Kier molecular flexibility index (Phi) is 4.68. The molecule has 0 spiro atoms. The summed E-state index contributed by atoms with van der Waals surface area (Å²) in [6.45, 7) is 2.61. The van der Waals surface area contributed by atoms with Gasteiger partial charge in [0.05, 0.1) is 10.7 Å². The lowest BCUT2D eigenvalue weighted by Gasteiger charge is -2.13. The normalized spacial score (nSPS) is 20.1. The van der Waals surface area contributed by atoms with E-state index in [2.05, 4.69) is 15.6 Å². The second-order valence-corrected chi connectivity index (χ2v) is 5.53. The molecule has 2 amide bonds. The summed E-state index contributed by atoms with van der Waals surface area (Å²) < 4.78 is 0. The van der Waals surface area contributed by atoms with E-state index in [0.29, 0.717) is 13.0 Å². The van der Waals surface area contributed by atoms with Crippen LogP contribution in [0.15, 0.2) is 11.5 Å². The van der Waals surface area contributed by atoms with E-state index in [1.54, 1.807) is 6.08 Å². The van der Waals surface area contributed by atoms with Gasteiger partial charge < -0.3 is 10.6 Å². The number of hydrogen-bond donors (Lipinski definition) is 2. The number of thiazole rings is 1. The lowest BCUT2D eigenvalue weighted by molar-refractivity contribution is -0.126. The van der Waals surface area contributed by atoms with Crippen molar-refractivity contribution in [3.8, 4) is 0 Å². The standard InChI is InChI=1S/C13H17N3O2S/c1-9-15-10(8-19-9)5-6-12(17)16-11-4-2-3-7-14-13(11)18/h5-6,8,11H,2-4,7H2,1H3,(H,14,18)(H,16,17). The van der Waals surface area contributed by atoms with E-state index in [4.69, 9.17) is 0 Å². The first-order valence-corrected chi connectivity index (χ1v) is 7.21. The van der Waals surface area contributed by atoms with Gasteiger partial charge >= 0.3 is 0 Å². The van der Waals surface area contributed by atoms with E-state index in [9.17, 15) is 9.59 Å². The fraction of sp³-hybridized carbons (Fsp3) is 0.462. The minimum atomic E-state index is -0.420. The summed E-state index contributed by atoms with van der Waals surface area (Å²) in [5, 5.41) is 8.36. The van der Waals surface area contributed by atoms with Crippen LogP contribution < -0.4 is 10.6 Å². The predicted octanol–water partition coefficient (Wildman–Crippen LogP) is 1.25. The number of carbonyl (C=O) groups is 2. The van der Waals surface area contributed by atoms with Crippen molar-refractivity contribution in [3.05, 3.63) is 22.2 Å². The van der Waals surface area contributed by atoms with Crippen LogP contribution in [0.3, 0.4) is 0 Å². The van der Waals surface area contributed by atoms with E-state index >= 15 is 0 Å². The molecule has 1 aromatic heterocycles. The van der Waals surface area contributed by atoms with Gasteiger partial charge in [-0.05, 0) is 32.3 Å². The Hall–Kier alpha value is -1.69. The number of nitrogens with one attached hydrogen (secondary N) is 2. The molecule has 1 fully saturated rings. The smallest absolute Gasteiger partial charge is 0.244 e. The molecule has 2 heterocycles. The Labute approximate surface area is 116 Å². The molecule has 102 valence electrons. The summed E-state index contributed by atoms with van der Waals surface area (Å²) >= 11 is 1.54. The van der Waals surface area contributed by atoms with Crippen LogP contribution >= 0.6 is 11.3 Å². The fourth-order valence-electron chi connectivity index (χ4n) is 1.91. The Morgan fingerprint density at radius 3 is 3.16 bits per heavy atom. The molecular formula is C13H17N3O2S. The topological polar surface area (TPSA) is 71.1 Å². The summed E-state index contributed by atoms with van der Waals surface area (Å²) in [6, 6.07) is -0.420. The van der Waals surface area contributed by atoms with Gasteiger partial charge in [0.1, 0.15) is 6.04 Å². The highest BCUT2D eigenvalue weighted by atomic mass is 32.1. The fourth-order valence-corrected chi connectivity index (χ4v) is 2.50. The van der Waals surface area contributed by atoms with Crippen LogP contribution in [0.25, 0.3) is 6.08 Å². The second-order valence-electron chi connectivity index (χ2n) is 4.47. The molecule has 1 aliphatic rings. The molecule has 2 rings (SSSR count). The zero-order chi connectivity index (χ0) is 13.7. The van der Waals surface area contributed by atoms with Gasteiger partial charge in [0.25, 0.3) is 0 Å². The molecule has 1 saturated heterocycles. The highest BCUT2D eigenvalue weighted by Gasteiger charge is 2.21. The number of carbonyl (C=O) groups excluding carboxylic acids is 2. The summed E-state index contributed by atoms with van der Waals surface area (Å²) in [6.07, 6.45) is 5.69. The maximum Gasteiger partial charge on any atom is 0.244 e. The van der Waals surface area contributed by atoms with E-state index in [-0.39, 0.29) is 11.8 Å². The highest BCUT2D eigenvalue weighted by Crippen LogP contribution is 2.09. The molecule has 0 saturated carbocycles. The second kappa shape index (κ2) is 6.47. The van der Waals surface area contributed by atoms with Crippen LogP contribution in [-0.4, -0.2) is 29.4 Å². The zero-order valence-corrected chi connectivity index (χ0v) is 11.6. The Balaban J connectivity index is 1.89.